The number of aryl methyl sites for hydroxylation is 1. The van der Waals surface area contributed by atoms with Crippen molar-refractivity contribution < 1.29 is 8.78 Å². The molecule has 0 bridgehead atoms. The Morgan fingerprint density at radius 1 is 1.30 bits per heavy atom. The van der Waals surface area contributed by atoms with Crippen LogP contribution in [0.25, 0.3) is 0 Å². The zero-order valence-electron chi connectivity index (χ0n) is 11.3. The Kier molecular flexibility index (Phi) is 3.42. The van der Waals surface area contributed by atoms with E-state index < -0.39 is 12.5 Å². The predicted octanol–water partition coefficient (Wildman–Crippen LogP) is 3.81. The summed E-state index contributed by atoms with van der Waals surface area (Å²) in [6, 6.07) is 8.93. The number of fused-ring (bicyclic) bond motifs is 1. The molecule has 3 rings (SSSR count). The second-order valence-corrected chi connectivity index (χ2v) is 5.09. The van der Waals surface area contributed by atoms with Crippen molar-refractivity contribution >= 4 is 5.82 Å². The van der Waals surface area contributed by atoms with Crippen molar-refractivity contribution in [2.45, 2.75) is 38.3 Å². The summed E-state index contributed by atoms with van der Waals surface area (Å²) in [6.45, 7) is 2.10. The van der Waals surface area contributed by atoms with Gasteiger partial charge in [-0.2, -0.15) is 5.10 Å². The fraction of sp³-hybridized carbons (Fsp3) is 0.400. The molecule has 1 aliphatic rings. The second-order valence-electron chi connectivity index (χ2n) is 5.09. The average molecular weight is 277 g/mol. The zero-order valence-corrected chi connectivity index (χ0v) is 11.3. The van der Waals surface area contributed by atoms with Crippen molar-refractivity contribution in [1.82, 2.24) is 9.78 Å². The molecular formula is C15H17F2N3. The van der Waals surface area contributed by atoms with Gasteiger partial charge in [0.25, 0.3) is 6.43 Å². The van der Waals surface area contributed by atoms with Gasteiger partial charge in [-0.15, -0.1) is 0 Å². The van der Waals surface area contributed by atoms with Gasteiger partial charge in [0.15, 0.2) is 0 Å². The maximum absolute atomic E-state index is 13.2. The van der Waals surface area contributed by atoms with E-state index >= 15 is 0 Å². The SMILES string of the molecule is CCc1ccc([C@@H]2C[C@@H](C(F)F)n3nccc3N2)cc1. The lowest BCUT2D eigenvalue weighted by Gasteiger charge is -2.32. The molecule has 0 unspecified atom stereocenters. The van der Waals surface area contributed by atoms with Gasteiger partial charge in [0.1, 0.15) is 11.9 Å². The van der Waals surface area contributed by atoms with Crippen LogP contribution in [0.2, 0.25) is 0 Å². The van der Waals surface area contributed by atoms with Crippen molar-refractivity contribution in [1.29, 1.82) is 0 Å². The van der Waals surface area contributed by atoms with Crippen LogP contribution in [-0.2, 0) is 6.42 Å². The lowest BCUT2D eigenvalue weighted by Crippen LogP contribution is -2.30. The molecule has 106 valence electrons. The van der Waals surface area contributed by atoms with Crippen LogP contribution in [0.1, 0.15) is 36.6 Å². The number of hydrogen-bond donors (Lipinski definition) is 1. The second kappa shape index (κ2) is 5.23. The van der Waals surface area contributed by atoms with Crippen LogP contribution in [0, 0.1) is 0 Å². The van der Waals surface area contributed by atoms with Crippen molar-refractivity contribution in [3.8, 4) is 0 Å². The van der Waals surface area contributed by atoms with E-state index in [0.717, 1.165) is 12.0 Å². The van der Waals surface area contributed by atoms with E-state index in [1.165, 1.54) is 10.2 Å². The molecule has 0 saturated carbocycles. The molecule has 1 N–H and O–H groups in total. The number of anilines is 1. The number of rotatable bonds is 3. The summed E-state index contributed by atoms with van der Waals surface area (Å²) in [6.07, 6.45) is 0.469. The van der Waals surface area contributed by atoms with Gasteiger partial charge >= 0.3 is 0 Å². The Hall–Kier alpha value is -1.91. The van der Waals surface area contributed by atoms with E-state index in [1.54, 1.807) is 12.3 Å². The van der Waals surface area contributed by atoms with Crippen molar-refractivity contribution in [3.63, 3.8) is 0 Å². The van der Waals surface area contributed by atoms with Gasteiger partial charge < -0.3 is 5.32 Å². The predicted molar refractivity (Wildman–Crippen MR) is 74.1 cm³/mol. The van der Waals surface area contributed by atoms with Gasteiger partial charge in [0, 0.05) is 6.07 Å². The van der Waals surface area contributed by atoms with Crippen molar-refractivity contribution in [2.75, 3.05) is 5.32 Å². The Bertz CT molecular complexity index is 577. The van der Waals surface area contributed by atoms with Crippen LogP contribution < -0.4 is 5.32 Å². The number of alkyl halides is 2. The highest BCUT2D eigenvalue weighted by Gasteiger charge is 2.33. The van der Waals surface area contributed by atoms with Crippen LogP contribution in [0.5, 0.6) is 0 Å². The number of nitrogens with one attached hydrogen (secondary N) is 1. The third kappa shape index (κ3) is 2.28. The number of hydrogen-bond acceptors (Lipinski definition) is 2. The minimum absolute atomic E-state index is 0.0934. The molecule has 0 spiro atoms. The highest BCUT2D eigenvalue weighted by atomic mass is 19.3. The van der Waals surface area contributed by atoms with E-state index in [0.29, 0.717) is 12.2 Å². The summed E-state index contributed by atoms with van der Waals surface area (Å²) in [5.41, 5.74) is 2.29. The molecule has 5 heteroatoms. The fourth-order valence-corrected chi connectivity index (χ4v) is 2.69. The Labute approximate surface area is 116 Å². The topological polar surface area (TPSA) is 29.9 Å². The molecule has 3 nitrogen and oxygen atoms in total. The number of nitrogens with zero attached hydrogens (tertiary/aromatic N) is 2. The minimum atomic E-state index is -2.41. The maximum atomic E-state index is 13.2. The van der Waals surface area contributed by atoms with E-state index in [-0.39, 0.29) is 6.04 Å². The molecule has 0 radical (unpaired) electrons. The highest BCUT2D eigenvalue weighted by Crippen LogP contribution is 2.37. The lowest BCUT2D eigenvalue weighted by atomic mass is 9.96. The zero-order chi connectivity index (χ0) is 14.1. The summed E-state index contributed by atoms with van der Waals surface area (Å²) >= 11 is 0. The van der Waals surface area contributed by atoms with E-state index in [4.69, 9.17) is 0 Å². The first-order valence-electron chi connectivity index (χ1n) is 6.86. The Morgan fingerprint density at radius 3 is 2.70 bits per heavy atom. The van der Waals surface area contributed by atoms with Crippen LogP contribution in [-0.4, -0.2) is 16.2 Å². The summed E-state index contributed by atoms with van der Waals surface area (Å²) in [5, 5.41) is 7.27. The van der Waals surface area contributed by atoms with Crippen molar-refractivity contribution in [3.05, 3.63) is 47.7 Å². The summed E-state index contributed by atoms with van der Waals surface area (Å²) in [5.74, 6) is 0.658. The van der Waals surface area contributed by atoms with E-state index in [9.17, 15) is 8.78 Å². The highest BCUT2D eigenvalue weighted by molar-refractivity contribution is 5.41. The summed E-state index contributed by atoms with van der Waals surface area (Å²) < 4.78 is 27.8. The lowest BCUT2D eigenvalue weighted by molar-refractivity contribution is 0.0658. The van der Waals surface area contributed by atoms with Crippen LogP contribution >= 0.6 is 0 Å². The molecular weight excluding hydrogens is 260 g/mol. The molecule has 0 saturated heterocycles. The van der Waals surface area contributed by atoms with Gasteiger partial charge in [0.2, 0.25) is 0 Å². The first-order valence-corrected chi connectivity index (χ1v) is 6.86. The molecule has 20 heavy (non-hydrogen) atoms. The third-order valence-electron chi connectivity index (χ3n) is 3.86. The Morgan fingerprint density at radius 2 is 2.05 bits per heavy atom. The summed E-state index contributed by atoms with van der Waals surface area (Å²) in [7, 11) is 0. The van der Waals surface area contributed by atoms with Gasteiger partial charge in [-0.05, 0) is 24.0 Å². The van der Waals surface area contributed by atoms with E-state index in [1.807, 2.05) is 12.1 Å². The van der Waals surface area contributed by atoms with Crippen LogP contribution in [0.15, 0.2) is 36.5 Å². The normalized spacial score (nSPS) is 21.6. The molecule has 2 aromatic rings. The molecule has 1 aromatic carbocycles. The van der Waals surface area contributed by atoms with Gasteiger partial charge in [-0.1, -0.05) is 31.2 Å². The summed E-state index contributed by atoms with van der Waals surface area (Å²) in [4.78, 5) is 0. The monoisotopic (exact) mass is 277 g/mol. The number of halogens is 2. The standard InChI is InChI=1S/C15H17F2N3/c1-2-10-3-5-11(6-4-10)12-9-13(15(16)17)20-14(19-12)7-8-18-20/h3-8,12-13,15,19H,2,9H2,1H3/t12-,13-/m0/s1. The molecule has 2 atom stereocenters. The third-order valence-corrected chi connectivity index (χ3v) is 3.86. The van der Waals surface area contributed by atoms with Gasteiger partial charge in [-0.25, -0.2) is 13.5 Å². The minimum Gasteiger partial charge on any atom is -0.363 e. The Balaban J connectivity index is 1.88. The van der Waals surface area contributed by atoms with E-state index in [2.05, 4.69) is 29.5 Å². The molecule has 1 aromatic heterocycles. The van der Waals surface area contributed by atoms with Gasteiger partial charge in [-0.3, -0.25) is 0 Å². The van der Waals surface area contributed by atoms with Crippen LogP contribution in [0.4, 0.5) is 14.6 Å². The molecule has 0 fully saturated rings. The first kappa shape index (κ1) is 13.1. The largest absolute Gasteiger partial charge is 0.363 e. The molecule has 2 heterocycles. The average Bonchev–Trinajstić information content (AvgIpc) is 2.94. The van der Waals surface area contributed by atoms with Gasteiger partial charge in [0.05, 0.1) is 12.2 Å². The first-order chi connectivity index (χ1) is 9.69. The smallest absolute Gasteiger partial charge is 0.260 e. The van der Waals surface area contributed by atoms with Crippen molar-refractivity contribution in [2.24, 2.45) is 0 Å². The maximum Gasteiger partial charge on any atom is 0.260 e. The fourth-order valence-electron chi connectivity index (χ4n) is 2.69. The molecule has 0 amide bonds. The quantitative estimate of drug-likeness (QED) is 0.924. The molecule has 1 aliphatic heterocycles. The van der Waals surface area contributed by atoms with Crippen LogP contribution in [0.3, 0.4) is 0 Å². The molecule has 0 aliphatic carbocycles. The number of aromatic nitrogens is 2. The number of benzene rings is 1.